The number of carbonyl (C=O) groups is 2. The monoisotopic (exact) mass is 445 g/mol. The molecule has 2 aliphatic rings. The van der Waals surface area contributed by atoms with E-state index >= 15 is 0 Å². The van der Waals surface area contributed by atoms with Crippen molar-refractivity contribution in [3.05, 3.63) is 29.5 Å². The van der Waals surface area contributed by atoms with Crippen LogP contribution in [0.1, 0.15) is 49.5 Å². The first kappa shape index (κ1) is 24.2. The quantitative estimate of drug-likeness (QED) is 0.722. The van der Waals surface area contributed by atoms with Gasteiger partial charge in [0, 0.05) is 44.8 Å². The van der Waals surface area contributed by atoms with Gasteiger partial charge in [-0.15, -0.1) is 0 Å². The molecule has 3 rings (SSSR count). The van der Waals surface area contributed by atoms with Crippen LogP contribution in [-0.4, -0.2) is 83.8 Å². The second-order valence-electron chi connectivity index (χ2n) is 8.85. The van der Waals surface area contributed by atoms with Gasteiger partial charge in [0.1, 0.15) is 11.7 Å². The number of aromatic nitrogens is 1. The Balaban J connectivity index is 1.88. The summed E-state index contributed by atoms with van der Waals surface area (Å²) in [5.41, 5.74) is 1.17. The lowest BCUT2D eigenvalue weighted by Crippen LogP contribution is -2.51. The zero-order valence-corrected chi connectivity index (χ0v) is 19.5. The van der Waals surface area contributed by atoms with Crippen molar-refractivity contribution in [1.82, 2.24) is 14.8 Å². The maximum Gasteiger partial charge on any atom is 0.259 e. The number of allylic oxidation sites excluding steroid dienone is 1. The zero-order chi connectivity index (χ0) is 23.3. The van der Waals surface area contributed by atoms with Gasteiger partial charge in [-0.1, -0.05) is 19.1 Å². The van der Waals surface area contributed by atoms with Gasteiger partial charge in [-0.25, -0.2) is 4.98 Å². The predicted octanol–water partition coefficient (Wildman–Crippen LogP) is 2.22. The molecule has 1 N–H and O–H groups in total. The molecular weight excluding hydrogens is 410 g/mol. The number of hydrogen-bond donors (Lipinski definition) is 1. The highest BCUT2D eigenvalue weighted by Crippen LogP contribution is 2.28. The van der Waals surface area contributed by atoms with E-state index in [1.165, 1.54) is 0 Å². The molecule has 0 saturated carbocycles. The molecule has 1 fully saturated rings. The molecule has 176 valence electrons. The van der Waals surface area contributed by atoms with Crippen molar-refractivity contribution in [2.75, 3.05) is 40.0 Å². The SMILES string of the molecule is C/C=C/c1cnc2c(c1)C(=O)N([C@H](C)CO)C[C@@H](C)[C@H](CN(C)C(=O)C1CCOCC1)O2. The highest BCUT2D eigenvalue weighted by molar-refractivity contribution is 5.97. The summed E-state index contributed by atoms with van der Waals surface area (Å²) in [6, 6.07) is 1.43. The van der Waals surface area contributed by atoms with E-state index in [4.69, 9.17) is 9.47 Å². The van der Waals surface area contributed by atoms with Crippen LogP contribution in [0.5, 0.6) is 5.88 Å². The summed E-state index contributed by atoms with van der Waals surface area (Å²) < 4.78 is 11.6. The van der Waals surface area contributed by atoms with Gasteiger partial charge in [-0.2, -0.15) is 0 Å². The van der Waals surface area contributed by atoms with Crippen LogP contribution in [0.4, 0.5) is 0 Å². The maximum absolute atomic E-state index is 13.3. The summed E-state index contributed by atoms with van der Waals surface area (Å²) in [5.74, 6) is 0.0561. The van der Waals surface area contributed by atoms with Gasteiger partial charge >= 0.3 is 0 Å². The number of nitrogens with zero attached hydrogens (tertiary/aromatic N) is 3. The maximum atomic E-state index is 13.3. The zero-order valence-electron chi connectivity index (χ0n) is 19.5. The van der Waals surface area contributed by atoms with E-state index in [0.29, 0.717) is 31.9 Å². The molecule has 0 radical (unpaired) electrons. The van der Waals surface area contributed by atoms with Crippen molar-refractivity contribution in [3.8, 4) is 5.88 Å². The molecule has 0 spiro atoms. The number of aliphatic hydroxyl groups is 1. The lowest BCUT2D eigenvalue weighted by molar-refractivity contribution is -0.138. The van der Waals surface area contributed by atoms with Gasteiger partial charge < -0.3 is 24.4 Å². The van der Waals surface area contributed by atoms with Crippen molar-refractivity contribution in [2.24, 2.45) is 11.8 Å². The Labute approximate surface area is 190 Å². The second kappa shape index (κ2) is 10.9. The number of fused-ring (bicyclic) bond motifs is 1. The summed E-state index contributed by atoms with van der Waals surface area (Å²) in [4.78, 5) is 34.1. The van der Waals surface area contributed by atoms with Crippen LogP contribution in [0.2, 0.25) is 0 Å². The van der Waals surface area contributed by atoms with Crippen LogP contribution >= 0.6 is 0 Å². The fourth-order valence-corrected chi connectivity index (χ4v) is 4.24. The number of ether oxygens (including phenoxy) is 2. The molecule has 1 aromatic rings. The van der Waals surface area contributed by atoms with Crippen molar-refractivity contribution in [3.63, 3.8) is 0 Å². The summed E-state index contributed by atoms with van der Waals surface area (Å²) in [7, 11) is 1.80. The Bertz CT molecular complexity index is 837. The fraction of sp³-hybridized carbons (Fsp3) is 0.625. The first-order chi connectivity index (χ1) is 15.3. The van der Waals surface area contributed by atoms with Crippen LogP contribution in [0.25, 0.3) is 6.08 Å². The van der Waals surface area contributed by atoms with E-state index in [9.17, 15) is 14.7 Å². The summed E-state index contributed by atoms with van der Waals surface area (Å²) in [5, 5.41) is 9.75. The average Bonchev–Trinajstić information content (AvgIpc) is 2.81. The third-order valence-corrected chi connectivity index (χ3v) is 6.30. The molecule has 32 heavy (non-hydrogen) atoms. The van der Waals surface area contributed by atoms with E-state index in [2.05, 4.69) is 4.98 Å². The smallest absolute Gasteiger partial charge is 0.259 e. The number of hydrogen-bond acceptors (Lipinski definition) is 6. The van der Waals surface area contributed by atoms with Gasteiger partial charge in [0.2, 0.25) is 11.8 Å². The molecule has 0 aliphatic carbocycles. The van der Waals surface area contributed by atoms with Crippen LogP contribution < -0.4 is 4.74 Å². The van der Waals surface area contributed by atoms with Crippen LogP contribution in [0.15, 0.2) is 18.3 Å². The van der Waals surface area contributed by atoms with Crippen molar-refractivity contribution in [1.29, 1.82) is 0 Å². The molecule has 3 atom stereocenters. The molecule has 2 amide bonds. The Kier molecular flexibility index (Phi) is 8.26. The van der Waals surface area contributed by atoms with E-state index in [0.717, 1.165) is 18.4 Å². The molecular formula is C24H35N3O5. The van der Waals surface area contributed by atoms with Crippen molar-refractivity contribution >= 4 is 17.9 Å². The van der Waals surface area contributed by atoms with Crippen LogP contribution in [0, 0.1) is 11.8 Å². The molecule has 1 saturated heterocycles. The normalized spacial score (nSPS) is 23.3. The Morgan fingerprint density at radius 2 is 2.12 bits per heavy atom. The van der Waals surface area contributed by atoms with E-state index in [-0.39, 0.29) is 48.3 Å². The van der Waals surface area contributed by atoms with Gasteiger partial charge in [0.05, 0.1) is 19.2 Å². The summed E-state index contributed by atoms with van der Waals surface area (Å²) in [6.45, 7) is 7.63. The van der Waals surface area contributed by atoms with Crippen molar-refractivity contribution in [2.45, 2.75) is 45.8 Å². The Hall–Kier alpha value is -2.45. The minimum absolute atomic E-state index is 0.0288. The number of rotatable bonds is 6. The predicted molar refractivity (Wildman–Crippen MR) is 121 cm³/mol. The highest BCUT2D eigenvalue weighted by Gasteiger charge is 2.35. The summed E-state index contributed by atoms with van der Waals surface area (Å²) >= 11 is 0. The van der Waals surface area contributed by atoms with Crippen LogP contribution in [0.3, 0.4) is 0 Å². The number of amides is 2. The van der Waals surface area contributed by atoms with Gasteiger partial charge in [0.25, 0.3) is 5.91 Å². The lowest BCUT2D eigenvalue weighted by atomic mass is 9.97. The lowest BCUT2D eigenvalue weighted by Gasteiger charge is -2.38. The Morgan fingerprint density at radius 1 is 1.41 bits per heavy atom. The minimum Gasteiger partial charge on any atom is -0.472 e. The highest BCUT2D eigenvalue weighted by atomic mass is 16.5. The summed E-state index contributed by atoms with van der Waals surface area (Å²) in [6.07, 6.45) is 6.56. The first-order valence-electron chi connectivity index (χ1n) is 11.4. The molecule has 8 heteroatoms. The largest absolute Gasteiger partial charge is 0.472 e. The molecule has 1 aromatic heterocycles. The van der Waals surface area contributed by atoms with Gasteiger partial charge in [-0.05, 0) is 38.3 Å². The minimum atomic E-state index is -0.344. The van der Waals surface area contributed by atoms with Gasteiger partial charge in [0.15, 0.2) is 0 Å². The van der Waals surface area contributed by atoms with E-state index in [1.54, 1.807) is 29.1 Å². The average molecular weight is 446 g/mol. The number of pyridine rings is 1. The third kappa shape index (κ3) is 5.48. The molecule has 0 bridgehead atoms. The Morgan fingerprint density at radius 3 is 2.78 bits per heavy atom. The van der Waals surface area contributed by atoms with Crippen LogP contribution in [-0.2, 0) is 9.53 Å². The topological polar surface area (TPSA) is 92.2 Å². The molecule has 2 aliphatic heterocycles. The molecule has 3 heterocycles. The van der Waals surface area contributed by atoms with Gasteiger partial charge in [-0.3, -0.25) is 9.59 Å². The van der Waals surface area contributed by atoms with Crippen molar-refractivity contribution < 1.29 is 24.2 Å². The molecule has 8 nitrogen and oxygen atoms in total. The molecule has 0 aromatic carbocycles. The van der Waals surface area contributed by atoms with E-state index < -0.39 is 0 Å². The standard InChI is InChI=1S/C24H35N3O5/c1-5-6-18-11-20-22(25-12-18)32-21(16(2)13-27(24(20)30)17(3)15-28)14-26(4)23(29)19-7-9-31-10-8-19/h5-6,11-12,16-17,19,21,28H,7-10,13-15H2,1-4H3/b6-5+/t16-,17-,21+/m1/s1. The number of likely N-dealkylation sites (N-methyl/N-ethyl adjacent to an activating group) is 1. The van der Waals surface area contributed by atoms with E-state index in [1.807, 2.05) is 32.9 Å². The number of aliphatic hydroxyl groups excluding tert-OH is 1. The fourth-order valence-electron chi connectivity index (χ4n) is 4.24. The molecule has 0 unspecified atom stereocenters. The third-order valence-electron chi connectivity index (χ3n) is 6.30. The first-order valence-corrected chi connectivity index (χ1v) is 11.4. The number of carbonyl (C=O) groups excluding carboxylic acids is 2. The second-order valence-corrected chi connectivity index (χ2v) is 8.85.